The van der Waals surface area contributed by atoms with E-state index in [1.807, 2.05) is 23.6 Å². The van der Waals surface area contributed by atoms with E-state index in [0.29, 0.717) is 36.4 Å². The van der Waals surface area contributed by atoms with Gasteiger partial charge >= 0.3 is 0 Å². The summed E-state index contributed by atoms with van der Waals surface area (Å²) in [5, 5.41) is 5.37. The van der Waals surface area contributed by atoms with Gasteiger partial charge in [-0.1, -0.05) is 0 Å². The van der Waals surface area contributed by atoms with Crippen LogP contribution in [0.4, 0.5) is 5.13 Å². The van der Waals surface area contributed by atoms with Gasteiger partial charge in [0, 0.05) is 29.1 Å². The number of thiazole rings is 1. The first-order chi connectivity index (χ1) is 12.9. The Morgan fingerprint density at radius 1 is 1.37 bits per heavy atom. The number of hydrogen-bond donors (Lipinski definition) is 1. The Labute approximate surface area is 163 Å². The van der Waals surface area contributed by atoms with Crippen LogP contribution in [0.2, 0.25) is 0 Å². The number of benzene rings is 1. The second-order valence-electron chi connectivity index (χ2n) is 6.94. The van der Waals surface area contributed by atoms with Crippen molar-refractivity contribution in [2.75, 3.05) is 45.8 Å². The van der Waals surface area contributed by atoms with Crippen molar-refractivity contribution < 1.29 is 19.0 Å². The minimum Gasteiger partial charge on any atom is -0.497 e. The van der Waals surface area contributed by atoms with Crippen molar-refractivity contribution in [3.05, 3.63) is 23.6 Å². The quantitative estimate of drug-likeness (QED) is 0.816. The Morgan fingerprint density at radius 3 is 2.89 bits per heavy atom. The molecule has 27 heavy (non-hydrogen) atoms. The topological polar surface area (TPSA) is 72.9 Å². The van der Waals surface area contributed by atoms with E-state index in [2.05, 4.69) is 29.0 Å². The summed E-state index contributed by atoms with van der Waals surface area (Å²) >= 11 is 1.39. The first-order valence-corrected chi connectivity index (χ1v) is 9.61. The van der Waals surface area contributed by atoms with Crippen LogP contribution in [-0.4, -0.2) is 61.9 Å². The third-order valence-electron chi connectivity index (χ3n) is 4.59. The van der Waals surface area contributed by atoms with Crippen LogP contribution in [0.15, 0.2) is 23.6 Å². The molecule has 7 nitrogen and oxygen atoms in total. The maximum absolute atomic E-state index is 12.5. The van der Waals surface area contributed by atoms with E-state index < -0.39 is 0 Å². The van der Waals surface area contributed by atoms with Gasteiger partial charge in [-0.3, -0.25) is 9.69 Å². The number of morpholine rings is 1. The lowest BCUT2D eigenvalue weighted by atomic mass is 10.0. The second kappa shape index (κ2) is 8.24. The van der Waals surface area contributed by atoms with Gasteiger partial charge in [0.1, 0.15) is 11.5 Å². The molecule has 0 saturated carbocycles. The summed E-state index contributed by atoms with van der Waals surface area (Å²) in [5.74, 6) is 1.31. The van der Waals surface area contributed by atoms with Crippen molar-refractivity contribution in [1.82, 2.24) is 9.88 Å². The molecule has 1 aromatic carbocycles. The van der Waals surface area contributed by atoms with E-state index in [1.165, 1.54) is 11.3 Å². The maximum Gasteiger partial charge on any atom is 0.240 e. The molecule has 1 fully saturated rings. The van der Waals surface area contributed by atoms with Crippen LogP contribution in [0.25, 0.3) is 11.3 Å². The van der Waals surface area contributed by atoms with Crippen molar-refractivity contribution in [2.45, 2.75) is 19.4 Å². The number of nitrogens with zero attached hydrogens (tertiary/aromatic N) is 2. The average molecular weight is 391 g/mol. The zero-order valence-electron chi connectivity index (χ0n) is 16.1. The first kappa shape index (κ1) is 19.6. The van der Waals surface area contributed by atoms with Gasteiger partial charge in [-0.2, -0.15) is 0 Å². The van der Waals surface area contributed by atoms with E-state index in [9.17, 15) is 4.79 Å². The van der Waals surface area contributed by atoms with Gasteiger partial charge in [0.2, 0.25) is 5.91 Å². The monoisotopic (exact) mass is 391 g/mol. The molecule has 2 heterocycles. The van der Waals surface area contributed by atoms with Gasteiger partial charge in [0.05, 0.1) is 39.7 Å². The molecule has 1 aliphatic heterocycles. The number of carbonyl (C=O) groups is 1. The van der Waals surface area contributed by atoms with Crippen LogP contribution in [0.1, 0.15) is 13.8 Å². The summed E-state index contributed by atoms with van der Waals surface area (Å²) < 4.78 is 16.2. The fourth-order valence-electron chi connectivity index (χ4n) is 2.98. The summed E-state index contributed by atoms with van der Waals surface area (Å²) in [5.41, 5.74) is 1.45. The molecule has 8 heteroatoms. The third-order valence-corrected chi connectivity index (χ3v) is 5.34. The Hall–Kier alpha value is -2.16. The minimum atomic E-state index is -0.153. The number of rotatable bonds is 6. The predicted molar refractivity (Wildman–Crippen MR) is 106 cm³/mol. The van der Waals surface area contributed by atoms with Crippen LogP contribution < -0.4 is 14.8 Å². The highest BCUT2D eigenvalue weighted by Crippen LogP contribution is 2.34. The predicted octanol–water partition coefficient (Wildman–Crippen LogP) is 2.88. The molecule has 0 radical (unpaired) electrons. The highest BCUT2D eigenvalue weighted by atomic mass is 32.1. The lowest BCUT2D eigenvalue weighted by molar-refractivity contribution is -0.122. The van der Waals surface area contributed by atoms with E-state index in [-0.39, 0.29) is 11.4 Å². The van der Waals surface area contributed by atoms with Crippen molar-refractivity contribution in [3.63, 3.8) is 0 Å². The van der Waals surface area contributed by atoms with E-state index in [0.717, 1.165) is 17.8 Å². The normalized spacial score (nSPS) is 16.7. The molecular formula is C19H25N3O4S. The highest BCUT2D eigenvalue weighted by Gasteiger charge is 2.31. The molecule has 0 unspecified atom stereocenters. The van der Waals surface area contributed by atoms with E-state index in [4.69, 9.17) is 14.2 Å². The van der Waals surface area contributed by atoms with Crippen LogP contribution in [-0.2, 0) is 9.53 Å². The van der Waals surface area contributed by atoms with Gasteiger partial charge in [-0.15, -0.1) is 11.3 Å². The number of anilines is 1. The largest absolute Gasteiger partial charge is 0.497 e. The molecule has 1 saturated heterocycles. The lowest BCUT2D eigenvalue weighted by Crippen LogP contribution is -2.55. The standard InChI is InChI=1S/C19H25N3O4S/c1-19(2)12-26-8-7-22(19)10-17(23)21-18-20-15(11-27-18)14-6-5-13(24-3)9-16(14)25-4/h5-6,9,11H,7-8,10,12H2,1-4H3,(H,20,21,23). The van der Waals surface area contributed by atoms with Crippen molar-refractivity contribution >= 4 is 22.4 Å². The van der Waals surface area contributed by atoms with Gasteiger partial charge in [0.15, 0.2) is 5.13 Å². The lowest BCUT2D eigenvalue weighted by Gasteiger charge is -2.41. The van der Waals surface area contributed by atoms with Crippen molar-refractivity contribution in [3.8, 4) is 22.8 Å². The molecule has 1 N–H and O–H groups in total. The zero-order chi connectivity index (χ0) is 19.4. The first-order valence-electron chi connectivity index (χ1n) is 8.73. The van der Waals surface area contributed by atoms with Gasteiger partial charge in [-0.25, -0.2) is 4.98 Å². The number of ether oxygens (including phenoxy) is 3. The minimum absolute atomic E-state index is 0.0763. The zero-order valence-corrected chi connectivity index (χ0v) is 16.9. The molecule has 1 amide bonds. The molecular weight excluding hydrogens is 366 g/mol. The SMILES string of the molecule is COc1ccc(-c2csc(NC(=O)CN3CCOCC3(C)C)n2)c(OC)c1. The van der Waals surface area contributed by atoms with Crippen LogP contribution in [0.5, 0.6) is 11.5 Å². The van der Waals surface area contributed by atoms with Gasteiger partial charge < -0.3 is 19.5 Å². The molecule has 146 valence electrons. The van der Waals surface area contributed by atoms with Crippen molar-refractivity contribution in [2.24, 2.45) is 0 Å². The highest BCUT2D eigenvalue weighted by molar-refractivity contribution is 7.14. The average Bonchev–Trinajstić information content (AvgIpc) is 3.10. The summed E-state index contributed by atoms with van der Waals surface area (Å²) in [7, 11) is 3.22. The van der Waals surface area contributed by atoms with Gasteiger partial charge in [0.25, 0.3) is 0 Å². The van der Waals surface area contributed by atoms with Crippen molar-refractivity contribution in [1.29, 1.82) is 0 Å². The number of methoxy groups -OCH3 is 2. The molecule has 0 bridgehead atoms. The fraction of sp³-hybridized carbons (Fsp3) is 0.474. The molecule has 2 aromatic rings. The number of aromatic nitrogens is 1. The molecule has 1 aromatic heterocycles. The third kappa shape index (κ3) is 4.58. The van der Waals surface area contributed by atoms with E-state index >= 15 is 0 Å². The smallest absolute Gasteiger partial charge is 0.240 e. The number of carbonyl (C=O) groups excluding carboxylic acids is 1. The Morgan fingerprint density at radius 2 is 2.19 bits per heavy atom. The Kier molecular flexibility index (Phi) is 5.98. The van der Waals surface area contributed by atoms with Crippen LogP contribution >= 0.6 is 11.3 Å². The molecule has 0 atom stereocenters. The van der Waals surface area contributed by atoms with Crippen LogP contribution in [0, 0.1) is 0 Å². The number of amides is 1. The summed E-state index contributed by atoms with van der Waals surface area (Å²) in [6.45, 7) is 6.49. The molecule has 3 rings (SSSR count). The summed E-state index contributed by atoms with van der Waals surface area (Å²) in [6.07, 6.45) is 0. The molecule has 0 aliphatic carbocycles. The fourth-order valence-corrected chi connectivity index (χ4v) is 3.71. The number of nitrogens with one attached hydrogen (secondary N) is 1. The number of hydrogen-bond acceptors (Lipinski definition) is 7. The summed E-state index contributed by atoms with van der Waals surface area (Å²) in [4.78, 5) is 19.1. The molecule has 0 spiro atoms. The van der Waals surface area contributed by atoms with E-state index in [1.54, 1.807) is 14.2 Å². The van der Waals surface area contributed by atoms with Gasteiger partial charge in [-0.05, 0) is 26.0 Å². The Balaban J connectivity index is 1.68. The second-order valence-corrected chi connectivity index (χ2v) is 7.80. The summed E-state index contributed by atoms with van der Waals surface area (Å²) in [6, 6.07) is 5.57. The Bertz CT molecular complexity index is 806. The molecule has 1 aliphatic rings. The van der Waals surface area contributed by atoms with Crippen LogP contribution in [0.3, 0.4) is 0 Å². The maximum atomic E-state index is 12.5.